The molecule has 0 aliphatic carbocycles. The third-order valence-electron chi connectivity index (χ3n) is 3.62. The van der Waals surface area contributed by atoms with Gasteiger partial charge in [-0.3, -0.25) is 4.79 Å². The summed E-state index contributed by atoms with van der Waals surface area (Å²) in [7, 11) is 0. The topological polar surface area (TPSA) is 169 Å². The Bertz CT molecular complexity index is 965. The van der Waals surface area contributed by atoms with Gasteiger partial charge < -0.3 is 28.8 Å². The highest BCUT2D eigenvalue weighted by Crippen LogP contribution is 2.02. The van der Waals surface area contributed by atoms with Gasteiger partial charge in [0, 0.05) is 28.4 Å². The Balaban J connectivity index is -0.000000614. The summed E-state index contributed by atoms with van der Waals surface area (Å²) in [4.78, 5) is 65.0. The van der Waals surface area contributed by atoms with Crippen LogP contribution in [-0.2, 0) is 52.5 Å². The predicted octanol–water partition coefficient (Wildman–Crippen LogP) is 2.85. The van der Waals surface area contributed by atoms with Crippen LogP contribution in [0.2, 0.25) is 0 Å². The van der Waals surface area contributed by atoms with E-state index in [9.17, 15) is 33.9 Å². The summed E-state index contributed by atoms with van der Waals surface area (Å²) < 4.78 is 23.9. The molecular weight excluding hydrogens is 564 g/mol. The summed E-state index contributed by atoms with van der Waals surface area (Å²) in [5.74, 6) is -3.16. The van der Waals surface area contributed by atoms with Gasteiger partial charge in [0.15, 0.2) is 6.10 Å². The Labute approximate surface area is 244 Å². The zero-order chi connectivity index (χ0) is 32.7. The van der Waals surface area contributed by atoms with E-state index in [1.165, 1.54) is 27.7 Å². The molecule has 12 nitrogen and oxygen atoms in total. The standard InChI is InChI=1S/C14H18O6.C11H16O5.C3H3ClO/c1-6-12(15)20-11(7-18-13(16)9(2)3)8-19-14(17)10(4)5;1-7(2)10(13)15-5-9(12)6-16-11(14)8(3)4;1-2-3(4)5/h6,11H,1-2,4,7-8H2,3,5H3;9,12H,1,3,5-6H2,2,4H3;2H,1H2. The molecule has 0 atom stereocenters. The predicted molar refractivity (Wildman–Crippen MR) is 150 cm³/mol. The maximum absolute atomic E-state index is 11.2. The number of rotatable bonds is 15. The van der Waals surface area contributed by atoms with Crippen LogP contribution >= 0.6 is 11.6 Å². The van der Waals surface area contributed by atoms with Crippen molar-refractivity contribution in [2.45, 2.75) is 39.9 Å². The van der Waals surface area contributed by atoms with Gasteiger partial charge in [0.1, 0.15) is 32.5 Å². The molecule has 13 heteroatoms. The minimum Gasteiger partial charge on any atom is -0.459 e. The van der Waals surface area contributed by atoms with Crippen molar-refractivity contribution in [2.75, 3.05) is 26.4 Å². The van der Waals surface area contributed by atoms with Gasteiger partial charge >= 0.3 is 29.8 Å². The third kappa shape index (κ3) is 25.7. The number of ether oxygens (including phenoxy) is 5. The SMILES string of the molecule is C=C(C)C(=O)OCC(O)COC(=O)C(=C)C.C=CC(=O)Cl.C=CC(=O)OC(COC(=O)C(=C)C)COC(=O)C(=C)C. The van der Waals surface area contributed by atoms with Gasteiger partial charge in [0.2, 0.25) is 5.24 Å². The molecule has 0 saturated heterocycles. The maximum atomic E-state index is 11.2. The van der Waals surface area contributed by atoms with Gasteiger partial charge in [-0.05, 0) is 45.4 Å². The molecular formula is C28H37ClO12. The van der Waals surface area contributed by atoms with Crippen molar-refractivity contribution in [3.8, 4) is 0 Å². The van der Waals surface area contributed by atoms with E-state index in [2.05, 4.69) is 48.9 Å². The lowest BCUT2D eigenvalue weighted by Crippen LogP contribution is -2.30. The molecule has 0 radical (unpaired) electrons. The molecule has 0 aromatic heterocycles. The van der Waals surface area contributed by atoms with Gasteiger partial charge in [-0.1, -0.05) is 39.5 Å². The highest BCUT2D eigenvalue weighted by atomic mass is 35.5. The Morgan fingerprint density at radius 1 is 0.634 bits per heavy atom. The number of aliphatic hydroxyl groups is 1. The van der Waals surface area contributed by atoms with Crippen LogP contribution in [0.5, 0.6) is 0 Å². The van der Waals surface area contributed by atoms with E-state index in [0.717, 1.165) is 12.2 Å². The molecule has 0 spiro atoms. The average molecular weight is 601 g/mol. The molecule has 0 heterocycles. The number of esters is 5. The van der Waals surface area contributed by atoms with Crippen LogP contribution in [0.15, 0.2) is 73.9 Å². The zero-order valence-electron chi connectivity index (χ0n) is 23.7. The van der Waals surface area contributed by atoms with E-state index in [0.29, 0.717) is 0 Å². The summed E-state index contributed by atoms with van der Waals surface area (Å²) in [5, 5.41) is 8.79. The second-order valence-electron chi connectivity index (χ2n) is 7.94. The number of hydrogen-bond acceptors (Lipinski definition) is 12. The van der Waals surface area contributed by atoms with E-state index in [-0.39, 0.29) is 48.7 Å². The van der Waals surface area contributed by atoms with Crippen LogP contribution in [0.3, 0.4) is 0 Å². The van der Waals surface area contributed by atoms with Gasteiger partial charge in [0.25, 0.3) is 0 Å². The third-order valence-corrected chi connectivity index (χ3v) is 3.77. The molecule has 0 aliphatic rings. The smallest absolute Gasteiger partial charge is 0.333 e. The van der Waals surface area contributed by atoms with Crippen molar-refractivity contribution >= 4 is 46.7 Å². The lowest BCUT2D eigenvalue weighted by molar-refractivity contribution is -0.160. The van der Waals surface area contributed by atoms with E-state index in [1.54, 1.807) is 0 Å². The second-order valence-corrected chi connectivity index (χ2v) is 8.31. The van der Waals surface area contributed by atoms with E-state index >= 15 is 0 Å². The largest absolute Gasteiger partial charge is 0.459 e. The molecule has 0 unspecified atom stereocenters. The fourth-order valence-electron chi connectivity index (χ4n) is 1.55. The molecule has 0 aromatic carbocycles. The lowest BCUT2D eigenvalue weighted by atomic mass is 10.3. The molecule has 0 aliphatic heterocycles. The average Bonchev–Trinajstić information content (AvgIpc) is 2.91. The Kier molecular flexibility index (Phi) is 23.7. The van der Waals surface area contributed by atoms with Gasteiger partial charge in [-0.15, -0.1) is 0 Å². The number of carbonyl (C=O) groups is 6. The Morgan fingerprint density at radius 3 is 1.12 bits per heavy atom. The van der Waals surface area contributed by atoms with Gasteiger partial charge in [-0.2, -0.15) is 0 Å². The van der Waals surface area contributed by atoms with Crippen molar-refractivity contribution in [3.63, 3.8) is 0 Å². The van der Waals surface area contributed by atoms with Crippen LogP contribution in [0.1, 0.15) is 27.7 Å². The van der Waals surface area contributed by atoms with Crippen molar-refractivity contribution in [3.05, 3.63) is 73.9 Å². The molecule has 0 saturated carbocycles. The Morgan fingerprint density at radius 2 is 0.902 bits per heavy atom. The van der Waals surface area contributed by atoms with Crippen LogP contribution in [0, 0.1) is 0 Å². The first-order valence-corrected chi connectivity index (χ1v) is 11.9. The number of carbonyl (C=O) groups excluding carboxylic acids is 6. The monoisotopic (exact) mass is 600 g/mol. The van der Waals surface area contributed by atoms with Crippen molar-refractivity contribution in [1.29, 1.82) is 0 Å². The zero-order valence-corrected chi connectivity index (χ0v) is 24.5. The first-order chi connectivity index (χ1) is 18.9. The molecule has 1 N–H and O–H groups in total. The lowest BCUT2D eigenvalue weighted by Gasteiger charge is -2.17. The second kappa shape index (κ2) is 23.6. The van der Waals surface area contributed by atoms with Crippen LogP contribution in [0.25, 0.3) is 0 Å². The van der Waals surface area contributed by atoms with Crippen molar-refractivity contribution in [2.24, 2.45) is 0 Å². The van der Waals surface area contributed by atoms with Crippen molar-refractivity contribution < 1.29 is 57.6 Å². The van der Waals surface area contributed by atoms with E-state index < -0.39 is 47.3 Å². The molecule has 0 rings (SSSR count). The summed E-state index contributed by atoms with van der Waals surface area (Å²) in [5.41, 5.74) is 0.896. The summed E-state index contributed by atoms with van der Waals surface area (Å²) >= 11 is 4.71. The van der Waals surface area contributed by atoms with E-state index in [1.807, 2.05) is 0 Å². The van der Waals surface area contributed by atoms with Gasteiger partial charge in [-0.25, -0.2) is 24.0 Å². The summed E-state index contributed by atoms with van der Waals surface area (Å²) in [6, 6.07) is 0. The van der Waals surface area contributed by atoms with Crippen LogP contribution < -0.4 is 0 Å². The number of halogens is 1. The molecule has 41 heavy (non-hydrogen) atoms. The minimum absolute atomic E-state index is 0.206. The molecule has 0 amide bonds. The Hall–Kier alpha value is -4.29. The van der Waals surface area contributed by atoms with Crippen LogP contribution in [0.4, 0.5) is 0 Å². The number of aliphatic hydroxyl groups excluding tert-OH is 1. The quantitative estimate of drug-likeness (QED) is 0.126. The summed E-state index contributed by atoms with van der Waals surface area (Å²) in [6.07, 6.45) is 0.0223. The molecule has 0 bridgehead atoms. The first kappa shape index (κ1) is 41.2. The fourth-order valence-corrected chi connectivity index (χ4v) is 1.55. The maximum Gasteiger partial charge on any atom is 0.333 e. The van der Waals surface area contributed by atoms with E-state index in [4.69, 9.17) is 25.8 Å². The first-order valence-electron chi connectivity index (χ1n) is 11.5. The van der Waals surface area contributed by atoms with Crippen LogP contribution in [-0.4, -0.2) is 78.8 Å². The summed E-state index contributed by atoms with van der Waals surface area (Å²) in [6.45, 7) is 24.9. The normalized spacial score (nSPS) is 9.27. The highest BCUT2D eigenvalue weighted by molar-refractivity contribution is 6.66. The van der Waals surface area contributed by atoms with Crippen molar-refractivity contribution in [1.82, 2.24) is 0 Å². The molecule has 228 valence electrons. The highest BCUT2D eigenvalue weighted by Gasteiger charge is 2.18. The number of allylic oxidation sites excluding steroid dienone is 1. The van der Waals surface area contributed by atoms with Gasteiger partial charge in [0.05, 0.1) is 0 Å². The fraction of sp³-hybridized carbons (Fsp3) is 0.357. The minimum atomic E-state index is -1.05. The number of hydrogen-bond donors (Lipinski definition) is 1. The molecule has 0 aromatic rings. The molecule has 0 fully saturated rings.